The average Bonchev–Trinajstić information content (AvgIpc) is 2.68. The van der Waals surface area contributed by atoms with Gasteiger partial charge in [0.15, 0.2) is 0 Å². The van der Waals surface area contributed by atoms with Gasteiger partial charge in [-0.15, -0.1) is 0 Å². The summed E-state index contributed by atoms with van der Waals surface area (Å²) in [6.45, 7) is 7.33. The molecule has 0 N–H and O–H groups in total. The predicted molar refractivity (Wildman–Crippen MR) is 99.9 cm³/mol. The second-order valence-electron chi connectivity index (χ2n) is 7.23. The van der Waals surface area contributed by atoms with Crippen molar-refractivity contribution in [3.63, 3.8) is 0 Å². The van der Waals surface area contributed by atoms with E-state index >= 15 is 0 Å². The second kappa shape index (κ2) is 9.03. The van der Waals surface area contributed by atoms with Crippen LogP contribution in [0.4, 0.5) is 0 Å². The highest BCUT2D eigenvalue weighted by Crippen LogP contribution is 2.19. The average molecular weight is 359 g/mol. The van der Waals surface area contributed by atoms with Gasteiger partial charge in [0.2, 0.25) is 11.8 Å². The summed E-state index contributed by atoms with van der Waals surface area (Å²) in [5.41, 5.74) is 0. The third-order valence-electron chi connectivity index (χ3n) is 5.37. The number of benzene rings is 1. The summed E-state index contributed by atoms with van der Waals surface area (Å²) < 4.78 is 5.86. The van der Waals surface area contributed by atoms with E-state index in [1.807, 2.05) is 40.1 Å². The highest BCUT2D eigenvalue weighted by molar-refractivity contribution is 5.79. The summed E-state index contributed by atoms with van der Waals surface area (Å²) in [6, 6.07) is 9.93. The van der Waals surface area contributed by atoms with E-state index in [2.05, 4.69) is 4.90 Å². The lowest BCUT2D eigenvalue weighted by Crippen LogP contribution is -2.52. The molecule has 2 fully saturated rings. The van der Waals surface area contributed by atoms with Crippen LogP contribution in [0.3, 0.4) is 0 Å². The molecule has 0 aromatic heterocycles. The first-order valence-corrected chi connectivity index (χ1v) is 9.55. The third kappa shape index (κ3) is 5.21. The van der Waals surface area contributed by atoms with Gasteiger partial charge in [-0.25, -0.2) is 0 Å². The van der Waals surface area contributed by atoms with Crippen molar-refractivity contribution < 1.29 is 14.3 Å². The SMILES string of the molecule is CC(=O)N1CCN(C(=O)CN2CCC(COc3ccccc3)CC2)CC1. The maximum atomic E-state index is 12.5. The topological polar surface area (TPSA) is 53.1 Å². The van der Waals surface area contributed by atoms with Crippen LogP contribution in [-0.2, 0) is 9.59 Å². The fourth-order valence-electron chi connectivity index (χ4n) is 3.60. The molecule has 2 aliphatic heterocycles. The molecule has 2 amide bonds. The summed E-state index contributed by atoms with van der Waals surface area (Å²) >= 11 is 0. The molecule has 3 rings (SSSR count). The number of para-hydroxylation sites is 1. The van der Waals surface area contributed by atoms with Gasteiger partial charge >= 0.3 is 0 Å². The molecular weight excluding hydrogens is 330 g/mol. The van der Waals surface area contributed by atoms with E-state index in [1.54, 1.807) is 6.92 Å². The number of likely N-dealkylation sites (tertiary alicyclic amines) is 1. The Hall–Kier alpha value is -2.08. The first-order valence-electron chi connectivity index (χ1n) is 9.55. The van der Waals surface area contributed by atoms with Gasteiger partial charge in [0.1, 0.15) is 5.75 Å². The van der Waals surface area contributed by atoms with Gasteiger partial charge < -0.3 is 14.5 Å². The summed E-state index contributed by atoms with van der Waals surface area (Å²) in [4.78, 5) is 29.8. The molecule has 0 bridgehead atoms. The van der Waals surface area contributed by atoms with Crippen LogP contribution < -0.4 is 4.74 Å². The van der Waals surface area contributed by atoms with Crippen LogP contribution in [0.2, 0.25) is 0 Å². The van der Waals surface area contributed by atoms with Crippen LogP contribution in [0.5, 0.6) is 5.75 Å². The minimum Gasteiger partial charge on any atom is -0.493 e. The van der Waals surface area contributed by atoms with Gasteiger partial charge in [0.25, 0.3) is 0 Å². The monoisotopic (exact) mass is 359 g/mol. The molecule has 0 aliphatic carbocycles. The van der Waals surface area contributed by atoms with E-state index in [-0.39, 0.29) is 11.8 Å². The van der Waals surface area contributed by atoms with E-state index in [1.165, 1.54) is 0 Å². The highest BCUT2D eigenvalue weighted by atomic mass is 16.5. The lowest BCUT2D eigenvalue weighted by atomic mass is 9.98. The van der Waals surface area contributed by atoms with Crippen molar-refractivity contribution in [2.24, 2.45) is 5.92 Å². The maximum Gasteiger partial charge on any atom is 0.236 e. The fourth-order valence-corrected chi connectivity index (χ4v) is 3.60. The van der Waals surface area contributed by atoms with E-state index in [0.29, 0.717) is 38.6 Å². The van der Waals surface area contributed by atoms with Gasteiger partial charge in [-0.05, 0) is 44.0 Å². The minimum atomic E-state index is 0.0943. The maximum absolute atomic E-state index is 12.5. The number of rotatable bonds is 5. The van der Waals surface area contributed by atoms with Crippen molar-refractivity contribution in [3.05, 3.63) is 30.3 Å². The summed E-state index contributed by atoms with van der Waals surface area (Å²) in [7, 11) is 0. The molecule has 26 heavy (non-hydrogen) atoms. The largest absolute Gasteiger partial charge is 0.493 e. The smallest absolute Gasteiger partial charge is 0.236 e. The fraction of sp³-hybridized carbons (Fsp3) is 0.600. The Kier molecular flexibility index (Phi) is 6.50. The molecular formula is C20H29N3O3. The van der Waals surface area contributed by atoms with Crippen molar-refractivity contribution in [1.82, 2.24) is 14.7 Å². The first-order chi connectivity index (χ1) is 12.6. The zero-order valence-corrected chi connectivity index (χ0v) is 15.6. The van der Waals surface area contributed by atoms with Crippen molar-refractivity contribution in [3.8, 4) is 5.75 Å². The Morgan fingerprint density at radius 3 is 2.19 bits per heavy atom. The Morgan fingerprint density at radius 1 is 0.962 bits per heavy atom. The summed E-state index contributed by atoms with van der Waals surface area (Å²) in [5.74, 6) is 1.76. The lowest BCUT2D eigenvalue weighted by molar-refractivity contribution is -0.139. The van der Waals surface area contributed by atoms with Crippen LogP contribution >= 0.6 is 0 Å². The number of amides is 2. The van der Waals surface area contributed by atoms with Crippen LogP contribution in [0.15, 0.2) is 30.3 Å². The Morgan fingerprint density at radius 2 is 1.58 bits per heavy atom. The van der Waals surface area contributed by atoms with Gasteiger partial charge in [-0.3, -0.25) is 14.5 Å². The van der Waals surface area contributed by atoms with Crippen LogP contribution in [0.25, 0.3) is 0 Å². The third-order valence-corrected chi connectivity index (χ3v) is 5.37. The Labute approximate surface area is 155 Å². The van der Waals surface area contributed by atoms with Crippen molar-refractivity contribution in [2.45, 2.75) is 19.8 Å². The number of piperidine rings is 1. The molecule has 0 unspecified atom stereocenters. The number of nitrogens with zero attached hydrogens (tertiary/aromatic N) is 3. The standard InChI is InChI=1S/C20H29N3O3/c1-17(24)22-11-13-23(14-12-22)20(25)15-21-9-7-18(8-10-21)16-26-19-5-3-2-4-6-19/h2-6,18H,7-16H2,1H3. The Balaban J connectivity index is 1.35. The van der Waals surface area contributed by atoms with Gasteiger partial charge in [0, 0.05) is 33.1 Å². The van der Waals surface area contributed by atoms with E-state index in [0.717, 1.165) is 38.3 Å². The number of hydrogen-bond donors (Lipinski definition) is 0. The zero-order valence-electron chi connectivity index (χ0n) is 15.6. The molecule has 2 aliphatic rings. The van der Waals surface area contributed by atoms with E-state index < -0.39 is 0 Å². The molecule has 6 nitrogen and oxygen atoms in total. The van der Waals surface area contributed by atoms with Gasteiger partial charge in [-0.2, -0.15) is 0 Å². The van der Waals surface area contributed by atoms with Crippen LogP contribution in [0.1, 0.15) is 19.8 Å². The molecule has 2 heterocycles. The van der Waals surface area contributed by atoms with Crippen molar-refractivity contribution in [1.29, 1.82) is 0 Å². The molecule has 1 aromatic carbocycles. The number of carbonyl (C=O) groups is 2. The second-order valence-corrected chi connectivity index (χ2v) is 7.23. The molecule has 6 heteroatoms. The van der Waals surface area contributed by atoms with E-state index in [4.69, 9.17) is 4.74 Å². The van der Waals surface area contributed by atoms with Gasteiger partial charge in [-0.1, -0.05) is 18.2 Å². The highest BCUT2D eigenvalue weighted by Gasteiger charge is 2.26. The lowest BCUT2D eigenvalue weighted by Gasteiger charge is -2.36. The van der Waals surface area contributed by atoms with Crippen LogP contribution in [0, 0.1) is 5.92 Å². The summed E-state index contributed by atoms with van der Waals surface area (Å²) in [5, 5.41) is 0. The van der Waals surface area contributed by atoms with Gasteiger partial charge in [0.05, 0.1) is 13.2 Å². The number of hydrogen-bond acceptors (Lipinski definition) is 4. The molecule has 2 saturated heterocycles. The van der Waals surface area contributed by atoms with E-state index in [9.17, 15) is 9.59 Å². The Bertz CT molecular complexity index is 592. The molecule has 1 aromatic rings. The predicted octanol–water partition coefficient (Wildman–Crippen LogP) is 1.47. The molecule has 0 radical (unpaired) electrons. The molecule has 0 saturated carbocycles. The molecule has 0 atom stereocenters. The first kappa shape index (κ1) is 18.7. The van der Waals surface area contributed by atoms with Crippen molar-refractivity contribution >= 4 is 11.8 Å². The number of piperazine rings is 1. The minimum absolute atomic E-state index is 0.0943. The number of carbonyl (C=O) groups excluding carboxylic acids is 2. The van der Waals surface area contributed by atoms with Crippen molar-refractivity contribution in [2.75, 3.05) is 52.4 Å². The summed E-state index contributed by atoms with van der Waals surface area (Å²) in [6.07, 6.45) is 2.14. The number of ether oxygens (including phenoxy) is 1. The normalized spacial score (nSPS) is 19.4. The molecule has 0 spiro atoms. The molecule has 142 valence electrons. The van der Waals surface area contributed by atoms with Crippen LogP contribution in [-0.4, -0.2) is 78.9 Å². The quantitative estimate of drug-likeness (QED) is 0.799. The zero-order chi connectivity index (χ0) is 18.4.